The lowest BCUT2D eigenvalue weighted by Gasteiger charge is -2.29. The normalized spacial score (nSPS) is 15.7. The summed E-state index contributed by atoms with van der Waals surface area (Å²) in [7, 11) is 0. The maximum Gasteiger partial charge on any atom is 0.248 e. The van der Waals surface area contributed by atoms with E-state index in [0.29, 0.717) is 31.1 Å². The number of hydrogen-bond acceptors (Lipinski definition) is 16. The van der Waals surface area contributed by atoms with E-state index in [1.165, 1.54) is 62.8 Å². The van der Waals surface area contributed by atoms with Gasteiger partial charge in [-0.25, -0.2) is 0 Å². The second-order valence-electron chi connectivity index (χ2n) is 19.6. The molecule has 1 aromatic carbocycles. The Labute approximate surface area is 454 Å². The first kappa shape index (κ1) is 67.1. The minimum atomic E-state index is -1.68. The zero-order valence-corrected chi connectivity index (χ0v) is 44.7. The number of primary amides is 4. The van der Waals surface area contributed by atoms with Crippen LogP contribution in [0.2, 0.25) is 0 Å². The number of nitrogens with one attached hydrogen (secondary N) is 6. The number of phenols is 1. The van der Waals surface area contributed by atoms with Crippen molar-refractivity contribution in [2.45, 2.75) is 203 Å². The maximum atomic E-state index is 13.9. The van der Waals surface area contributed by atoms with Crippen LogP contribution in [-0.2, 0) is 68.8 Å². The number of unbranched alkanes of at least 4 members (excludes halogenated alkanes) is 12. The van der Waals surface area contributed by atoms with Crippen LogP contribution < -0.4 is 55.0 Å². The summed E-state index contributed by atoms with van der Waals surface area (Å²) in [5.41, 5.74) is 24.3. The Kier molecular flexibility index (Phi) is 32.4. The summed E-state index contributed by atoms with van der Waals surface area (Å²) in [6, 6.07) is -4.41. The van der Waals surface area contributed by atoms with Crippen molar-refractivity contribution in [3.8, 4) is 5.75 Å². The van der Waals surface area contributed by atoms with E-state index in [4.69, 9.17) is 27.8 Å². The molecule has 16 N–H and O–H groups in total. The van der Waals surface area contributed by atoms with Gasteiger partial charge in [-0.15, -0.1) is 0 Å². The highest BCUT2D eigenvalue weighted by Crippen LogP contribution is 2.20. The van der Waals surface area contributed by atoms with E-state index in [2.05, 4.69) is 39.0 Å². The first-order chi connectivity index (χ1) is 37.2. The second-order valence-corrected chi connectivity index (χ2v) is 19.6. The number of hydroxylamine groups is 1. The Morgan fingerprint density at radius 1 is 0.615 bits per heavy atom. The fraction of sp³-hybridized carbons (Fsp3) is 0.654. The third-order valence-electron chi connectivity index (χ3n) is 13.0. The number of nitrogens with two attached hydrogens (primary N) is 4. The lowest BCUT2D eigenvalue weighted by Crippen LogP contribution is -2.58. The van der Waals surface area contributed by atoms with Gasteiger partial charge in [-0.2, -0.15) is 5.48 Å². The molecular formula is C52H83N11O15. The molecular weight excluding hydrogens is 1020 g/mol. The molecule has 1 fully saturated rings. The zero-order valence-electron chi connectivity index (χ0n) is 44.7. The first-order valence-corrected chi connectivity index (χ1v) is 26.9. The molecule has 0 aromatic heterocycles. The number of aliphatic hydroxyl groups is 1. The number of hydrogen-bond donors (Lipinski definition) is 12. The minimum Gasteiger partial charge on any atom is -0.508 e. The molecule has 1 aliphatic heterocycles. The van der Waals surface area contributed by atoms with E-state index in [1.54, 1.807) is 0 Å². The fourth-order valence-electron chi connectivity index (χ4n) is 8.72. The summed E-state index contributed by atoms with van der Waals surface area (Å²) in [6.45, 7) is 1.28. The third-order valence-corrected chi connectivity index (χ3v) is 13.0. The average Bonchev–Trinajstić information content (AvgIpc) is 3.89. The molecule has 1 aliphatic rings. The van der Waals surface area contributed by atoms with Gasteiger partial charge in [0.1, 0.15) is 48.5 Å². The SMILES string of the molecule is CCCCCCCCCCCCCCCC(CC(=O)N[C@@H](CC(N)=O)C(=O)NC(Cc1ccc(O)cc1)C(=O)N[C@H](C=O)CC(N)=O)ON[C@@H](CC(N)=O)C(=O)N[C@@H](CO)C(=O)N1CCC[C@H]1C(=O)N[C@H](C=O)CCC(N)=O. The molecule has 0 bridgehead atoms. The number of nitrogens with zero attached hydrogens (tertiary/aromatic N) is 1. The fourth-order valence-corrected chi connectivity index (χ4v) is 8.72. The summed E-state index contributed by atoms with van der Waals surface area (Å²) in [6.07, 6.45) is 10.9. The highest BCUT2D eigenvalue weighted by molar-refractivity contribution is 5.97. The molecule has 26 nitrogen and oxygen atoms in total. The first-order valence-electron chi connectivity index (χ1n) is 26.9. The number of phenolic OH excluding ortho intramolecular Hbond substituents is 1. The molecule has 0 saturated carbocycles. The highest BCUT2D eigenvalue weighted by Gasteiger charge is 2.39. The number of carbonyl (C=O) groups is 12. The van der Waals surface area contributed by atoms with E-state index in [-0.39, 0.29) is 50.7 Å². The van der Waals surface area contributed by atoms with Crippen LogP contribution in [0, 0.1) is 0 Å². The summed E-state index contributed by atoms with van der Waals surface area (Å²) in [5.74, 6) is -9.18. The van der Waals surface area contributed by atoms with Gasteiger partial charge in [0.05, 0.1) is 50.5 Å². The van der Waals surface area contributed by atoms with Crippen molar-refractivity contribution in [1.82, 2.24) is 37.0 Å². The summed E-state index contributed by atoms with van der Waals surface area (Å²) >= 11 is 0. The van der Waals surface area contributed by atoms with Gasteiger partial charge >= 0.3 is 0 Å². The van der Waals surface area contributed by atoms with Crippen LogP contribution in [0.15, 0.2) is 24.3 Å². The number of carbonyl (C=O) groups excluding carboxylic acids is 12. The van der Waals surface area contributed by atoms with E-state index >= 15 is 0 Å². The number of rotatable bonds is 43. The van der Waals surface area contributed by atoms with Crippen molar-refractivity contribution < 1.29 is 72.6 Å². The van der Waals surface area contributed by atoms with Crippen LogP contribution in [0.5, 0.6) is 5.75 Å². The number of aldehydes is 2. The molecule has 78 heavy (non-hydrogen) atoms. The Bertz CT molecular complexity index is 2130. The topological polar surface area (TPSA) is 434 Å². The summed E-state index contributed by atoms with van der Waals surface area (Å²) in [5, 5.41) is 32.2. The van der Waals surface area contributed by atoms with Crippen LogP contribution in [0.4, 0.5) is 0 Å². The lowest BCUT2D eigenvalue weighted by molar-refractivity contribution is -0.145. The van der Waals surface area contributed by atoms with E-state index in [9.17, 15) is 67.7 Å². The van der Waals surface area contributed by atoms with Crippen molar-refractivity contribution in [3.63, 3.8) is 0 Å². The Morgan fingerprint density at radius 3 is 1.68 bits per heavy atom. The number of aromatic hydroxyl groups is 1. The standard InChI is InChI=1S/C52H83N11O15/c1-2-3-4-5-6-7-8-9-10-11-12-13-14-16-37(27-47(72)59-39(28-45(55)70)49(74)60-38(25-33-18-21-36(67)22-19-33)48(73)58-35(31-65)26-44(54)69)78-62-40(29-46(56)71)50(75)61-41(32-66)52(77)63-24-15-17-42(63)51(76)57-34(30-64)20-23-43(53)68/h18-19,21-22,30-31,34-35,37-42,62,66-67H,2-17,20,23-29,32H2,1H3,(H2,53,68)(H2,54,69)(H2,55,70)(H2,56,71)(H,57,76)(H,58,73)(H,59,72)(H,60,74)(H,61,75)/t34-,35-,37?,38?,39-,40-,41-,42-/m0/s1. The molecule has 2 rings (SSSR count). The van der Waals surface area contributed by atoms with Crippen LogP contribution >= 0.6 is 0 Å². The van der Waals surface area contributed by atoms with Gasteiger partial charge in [0, 0.05) is 19.4 Å². The van der Waals surface area contributed by atoms with Crippen molar-refractivity contribution in [1.29, 1.82) is 0 Å². The Balaban J connectivity index is 2.30. The summed E-state index contributed by atoms with van der Waals surface area (Å²) in [4.78, 5) is 160. The van der Waals surface area contributed by atoms with Gasteiger partial charge in [0.15, 0.2) is 0 Å². The average molecular weight is 1100 g/mol. The smallest absolute Gasteiger partial charge is 0.248 e. The van der Waals surface area contributed by atoms with Crippen molar-refractivity contribution in [3.05, 3.63) is 29.8 Å². The van der Waals surface area contributed by atoms with Crippen LogP contribution in [-0.4, -0.2) is 148 Å². The Morgan fingerprint density at radius 2 is 1.14 bits per heavy atom. The van der Waals surface area contributed by atoms with Crippen LogP contribution in [0.25, 0.3) is 0 Å². The molecule has 436 valence electrons. The maximum absolute atomic E-state index is 13.9. The van der Waals surface area contributed by atoms with Gasteiger partial charge in [-0.05, 0) is 43.4 Å². The van der Waals surface area contributed by atoms with Crippen molar-refractivity contribution >= 4 is 71.6 Å². The molecule has 26 heteroatoms. The number of aliphatic hydroxyl groups excluding tert-OH is 1. The molecule has 2 unspecified atom stereocenters. The molecule has 1 aromatic rings. The molecule has 0 aliphatic carbocycles. The molecule has 8 atom stereocenters. The predicted octanol–water partition coefficient (Wildman–Crippen LogP) is -1.24. The monoisotopic (exact) mass is 1100 g/mol. The van der Waals surface area contributed by atoms with Gasteiger partial charge < -0.3 is 74.2 Å². The molecule has 0 radical (unpaired) electrons. The Hall–Kier alpha value is -7.06. The quantitative estimate of drug-likeness (QED) is 0.0207. The summed E-state index contributed by atoms with van der Waals surface area (Å²) < 4.78 is 0. The van der Waals surface area contributed by atoms with Gasteiger partial charge in [-0.3, -0.25) is 52.8 Å². The van der Waals surface area contributed by atoms with Gasteiger partial charge in [-0.1, -0.05) is 103 Å². The van der Waals surface area contributed by atoms with Crippen molar-refractivity contribution in [2.24, 2.45) is 22.9 Å². The lowest BCUT2D eigenvalue weighted by atomic mass is 10.0. The van der Waals surface area contributed by atoms with E-state index < -0.39 is 140 Å². The van der Waals surface area contributed by atoms with Gasteiger partial charge in [0.2, 0.25) is 59.1 Å². The molecule has 1 saturated heterocycles. The van der Waals surface area contributed by atoms with E-state index in [1.807, 2.05) is 0 Å². The third kappa shape index (κ3) is 27.3. The van der Waals surface area contributed by atoms with E-state index in [0.717, 1.165) is 37.0 Å². The van der Waals surface area contributed by atoms with Gasteiger partial charge in [0.25, 0.3) is 0 Å². The highest BCUT2D eigenvalue weighted by atomic mass is 16.7. The predicted molar refractivity (Wildman–Crippen MR) is 282 cm³/mol. The number of benzene rings is 1. The molecule has 10 amide bonds. The zero-order chi connectivity index (χ0) is 58.0. The van der Waals surface area contributed by atoms with Crippen LogP contribution in [0.3, 0.4) is 0 Å². The number of likely N-dealkylation sites (tertiary alicyclic amines) is 1. The largest absolute Gasteiger partial charge is 0.508 e. The minimum absolute atomic E-state index is 0.0449. The van der Waals surface area contributed by atoms with Crippen molar-refractivity contribution in [2.75, 3.05) is 13.2 Å². The molecule has 0 spiro atoms. The second kappa shape index (κ2) is 37.7. The van der Waals surface area contributed by atoms with Crippen LogP contribution in [0.1, 0.15) is 154 Å². The molecule has 1 heterocycles. The number of amides is 10.